The molecule has 1 fully saturated rings. The predicted molar refractivity (Wildman–Crippen MR) is 80.2 cm³/mol. The molecule has 0 aromatic carbocycles. The van der Waals surface area contributed by atoms with Gasteiger partial charge in [-0.2, -0.15) is 0 Å². The average molecular weight is 269 g/mol. The molecule has 19 heavy (non-hydrogen) atoms. The number of hydrogen-bond acceptors (Lipinski definition) is 2. The molecule has 0 aliphatic heterocycles. The van der Waals surface area contributed by atoms with E-state index in [9.17, 15) is 4.79 Å². The quantitative estimate of drug-likeness (QED) is 0.551. The Hall–Kier alpha value is -0.770. The zero-order valence-corrected chi connectivity index (χ0v) is 12.5. The highest BCUT2D eigenvalue weighted by molar-refractivity contribution is 5.74. The summed E-state index contributed by atoms with van der Waals surface area (Å²) in [5.41, 5.74) is 5.60. The van der Waals surface area contributed by atoms with E-state index in [2.05, 4.69) is 12.2 Å². The third-order valence-corrected chi connectivity index (χ3v) is 3.94. The lowest BCUT2D eigenvalue weighted by atomic mass is 10.1. The third-order valence-electron chi connectivity index (χ3n) is 3.94. The van der Waals surface area contributed by atoms with Crippen LogP contribution >= 0.6 is 0 Å². The van der Waals surface area contributed by atoms with E-state index in [1.54, 1.807) is 0 Å². The van der Waals surface area contributed by atoms with E-state index in [-0.39, 0.29) is 6.03 Å². The Bertz CT molecular complexity index is 238. The molecule has 1 rings (SSSR count). The maximum absolute atomic E-state index is 12.3. The lowest BCUT2D eigenvalue weighted by Crippen LogP contribution is -2.47. The van der Waals surface area contributed by atoms with Crippen LogP contribution in [0.1, 0.15) is 64.7 Å². The Morgan fingerprint density at radius 2 is 1.89 bits per heavy atom. The van der Waals surface area contributed by atoms with Crippen molar-refractivity contribution in [2.45, 2.75) is 70.8 Å². The molecule has 112 valence electrons. The van der Waals surface area contributed by atoms with Crippen molar-refractivity contribution in [3.8, 4) is 0 Å². The van der Waals surface area contributed by atoms with Crippen LogP contribution in [0.25, 0.3) is 0 Å². The Morgan fingerprint density at radius 3 is 2.47 bits per heavy atom. The number of nitrogens with zero attached hydrogens (tertiary/aromatic N) is 1. The second-order valence-corrected chi connectivity index (χ2v) is 5.57. The van der Waals surface area contributed by atoms with Crippen LogP contribution in [0.5, 0.6) is 0 Å². The van der Waals surface area contributed by atoms with Crippen LogP contribution in [0.2, 0.25) is 0 Å². The first-order valence-corrected chi connectivity index (χ1v) is 8.04. The van der Waals surface area contributed by atoms with Crippen molar-refractivity contribution in [2.75, 3.05) is 19.6 Å². The molecule has 4 nitrogen and oxygen atoms in total. The van der Waals surface area contributed by atoms with E-state index < -0.39 is 0 Å². The summed E-state index contributed by atoms with van der Waals surface area (Å²) in [4.78, 5) is 14.4. The smallest absolute Gasteiger partial charge is 0.317 e. The molecule has 0 aromatic heterocycles. The van der Waals surface area contributed by atoms with Crippen molar-refractivity contribution in [2.24, 2.45) is 5.73 Å². The summed E-state index contributed by atoms with van der Waals surface area (Å²) >= 11 is 0. The number of unbranched alkanes of at least 4 members (excludes halogenated alkanes) is 1. The first-order valence-electron chi connectivity index (χ1n) is 8.04. The molecule has 1 aliphatic carbocycles. The van der Waals surface area contributed by atoms with Crippen molar-refractivity contribution in [3.63, 3.8) is 0 Å². The molecule has 0 spiro atoms. The lowest BCUT2D eigenvalue weighted by molar-refractivity contribution is 0.166. The topological polar surface area (TPSA) is 58.4 Å². The van der Waals surface area contributed by atoms with E-state index in [0.29, 0.717) is 12.6 Å². The molecule has 0 saturated heterocycles. The first-order chi connectivity index (χ1) is 9.29. The van der Waals surface area contributed by atoms with E-state index >= 15 is 0 Å². The molecule has 0 radical (unpaired) electrons. The molecule has 0 heterocycles. The molecule has 0 bridgehead atoms. The van der Waals surface area contributed by atoms with E-state index in [4.69, 9.17) is 5.73 Å². The van der Waals surface area contributed by atoms with E-state index in [1.807, 2.05) is 4.90 Å². The SMILES string of the molecule is CCCCNC(=O)N(CCCN)C1CCCCCC1. The number of urea groups is 1. The zero-order chi connectivity index (χ0) is 13.9. The molecule has 0 atom stereocenters. The van der Waals surface area contributed by atoms with Crippen molar-refractivity contribution in [3.05, 3.63) is 0 Å². The Balaban J connectivity index is 2.50. The van der Waals surface area contributed by atoms with Gasteiger partial charge in [0.15, 0.2) is 0 Å². The Kier molecular flexibility index (Phi) is 8.63. The second kappa shape index (κ2) is 10.1. The molecule has 0 aromatic rings. The molecule has 1 aliphatic rings. The van der Waals surface area contributed by atoms with Gasteiger partial charge in [0.05, 0.1) is 0 Å². The summed E-state index contributed by atoms with van der Waals surface area (Å²) in [6.07, 6.45) is 10.5. The van der Waals surface area contributed by atoms with Crippen molar-refractivity contribution >= 4 is 6.03 Å². The van der Waals surface area contributed by atoms with Gasteiger partial charge in [0.2, 0.25) is 0 Å². The van der Waals surface area contributed by atoms with Crippen LogP contribution in [-0.2, 0) is 0 Å². The van der Waals surface area contributed by atoms with Crippen molar-refractivity contribution in [1.29, 1.82) is 0 Å². The summed E-state index contributed by atoms with van der Waals surface area (Å²) < 4.78 is 0. The van der Waals surface area contributed by atoms with Crippen LogP contribution in [0, 0.1) is 0 Å². The summed E-state index contributed by atoms with van der Waals surface area (Å²) in [7, 11) is 0. The monoisotopic (exact) mass is 269 g/mol. The van der Waals surface area contributed by atoms with Crippen LogP contribution < -0.4 is 11.1 Å². The lowest BCUT2D eigenvalue weighted by Gasteiger charge is -2.31. The summed E-state index contributed by atoms with van der Waals surface area (Å²) in [5, 5.41) is 3.06. The number of carbonyl (C=O) groups excluding carboxylic acids is 1. The van der Waals surface area contributed by atoms with Crippen LogP contribution in [-0.4, -0.2) is 36.6 Å². The summed E-state index contributed by atoms with van der Waals surface area (Å²) in [6.45, 7) is 4.40. The van der Waals surface area contributed by atoms with E-state index in [0.717, 1.165) is 45.2 Å². The molecule has 1 saturated carbocycles. The highest BCUT2D eigenvalue weighted by Crippen LogP contribution is 2.22. The van der Waals surface area contributed by atoms with Gasteiger partial charge in [-0.3, -0.25) is 0 Å². The highest BCUT2D eigenvalue weighted by atomic mass is 16.2. The van der Waals surface area contributed by atoms with Crippen LogP contribution in [0.4, 0.5) is 4.79 Å². The minimum absolute atomic E-state index is 0.119. The van der Waals surface area contributed by atoms with Crippen LogP contribution in [0.3, 0.4) is 0 Å². The number of nitrogens with one attached hydrogen (secondary N) is 1. The van der Waals surface area contributed by atoms with Gasteiger partial charge >= 0.3 is 6.03 Å². The molecule has 3 N–H and O–H groups in total. The number of nitrogens with two attached hydrogens (primary N) is 1. The molecule has 2 amide bonds. The maximum atomic E-state index is 12.3. The Morgan fingerprint density at radius 1 is 1.21 bits per heavy atom. The predicted octanol–water partition coefficient (Wildman–Crippen LogP) is 2.87. The van der Waals surface area contributed by atoms with E-state index in [1.165, 1.54) is 25.7 Å². The normalized spacial score (nSPS) is 16.9. The highest BCUT2D eigenvalue weighted by Gasteiger charge is 2.23. The fraction of sp³-hybridized carbons (Fsp3) is 0.933. The first kappa shape index (κ1) is 16.3. The van der Waals surface area contributed by atoms with Gasteiger partial charge in [0.1, 0.15) is 0 Å². The van der Waals surface area contributed by atoms with Gasteiger partial charge in [-0.15, -0.1) is 0 Å². The maximum Gasteiger partial charge on any atom is 0.317 e. The fourth-order valence-corrected chi connectivity index (χ4v) is 2.75. The average Bonchev–Trinajstić information content (AvgIpc) is 2.69. The molecular weight excluding hydrogens is 238 g/mol. The van der Waals surface area contributed by atoms with Crippen LogP contribution in [0.15, 0.2) is 0 Å². The number of amides is 2. The minimum Gasteiger partial charge on any atom is -0.338 e. The second-order valence-electron chi connectivity index (χ2n) is 5.57. The van der Waals surface area contributed by atoms with Gasteiger partial charge in [0.25, 0.3) is 0 Å². The van der Waals surface area contributed by atoms with Gasteiger partial charge in [-0.25, -0.2) is 4.79 Å². The Labute approximate surface area is 118 Å². The fourth-order valence-electron chi connectivity index (χ4n) is 2.75. The van der Waals surface area contributed by atoms with Crippen molar-refractivity contribution < 1.29 is 4.79 Å². The van der Waals surface area contributed by atoms with Crippen molar-refractivity contribution in [1.82, 2.24) is 10.2 Å². The zero-order valence-electron chi connectivity index (χ0n) is 12.5. The summed E-state index contributed by atoms with van der Waals surface area (Å²) in [6, 6.07) is 0.546. The summed E-state index contributed by atoms with van der Waals surface area (Å²) in [5.74, 6) is 0. The standard InChI is InChI=1S/C15H31N3O/c1-2-3-12-17-15(19)18(13-8-11-16)14-9-6-4-5-7-10-14/h14H,2-13,16H2,1H3,(H,17,19). The molecular formula is C15H31N3O. The third kappa shape index (κ3) is 6.28. The van der Waals surface area contributed by atoms with Gasteiger partial charge in [-0.1, -0.05) is 39.0 Å². The molecule has 0 unspecified atom stereocenters. The molecule has 4 heteroatoms. The number of rotatable bonds is 7. The largest absolute Gasteiger partial charge is 0.338 e. The van der Waals surface area contributed by atoms with Gasteiger partial charge < -0.3 is 16.0 Å². The number of carbonyl (C=O) groups is 1. The van der Waals surface area contributed by atoms with Gasteiger partial charge in [0, 0.05) is 19.1 Å². The van der Waals surface area contributed by atoms with Gasteiger partial charge in [-0.05, 0) is 32.2 Å². The minimum atomic E-state index is 0.119. The number of hydrogen-bond donors (Lipinski definition) is 2.